The summed E-state index contributed by atoms with van der Waals surface area (Å²) in [6, 6.07) is 18.5. The average Bonchev–Trinajstić information content (AvgIpc) is 2.50. The Kier molecular flexibility index (Phi) is 7.46. The van der Waals surface area contributed by atoms with Gasteiger partial charge in [-0.25, -0.2) is 0 Å². The highest BCUT2D eigenvalue weighted by atomic mass is 32.2. The SMILES string of the molecule is COS(=O)(=O)C(F)(F)F.Sc1ccc(Sc2ccccc2)cc1. The van der Waals surface area contributed by atoms with E-state index >= 15 is 0 Å². The van der Waals surface area contributed by atoms with Gasteiger partial charge in [-0.2, -0.15) is 21.6 Å². The van der Waals surface area contributed by atoms with E-state index in [1.807, 2.05) is 18.2 Å². The average molecular weight is 382 g/mol. The molecule has 0 fully saturated rings. The van der Waals surface area contributed by atoms with Gasteiger partial charge in [0, 0.05) is 14.7 Å². The number of hydrogen-bond acceptors (Lipinski definition) is 5. The summed E-state index contributed by atoms with van der Waals surface area (Å²) in [7, 11) is -4.89. The predicted octanol–water partition coefficient (Wildman–Crippen LogP) is 4.61. The third-order valence-corrected chi connectivity index (χ3v) is 4.64. The van der Waals surface area contributed by atoms with Crippen molar-refractivity contribution >= 4 is 34.5 Å². The summed E-state index contributed by atoms with van der Waals surface area (Å²) in [5.41, 5.74) is -5.30. The number of thiol groups is 1. The summed E-state index contributed by atoms with van der Waals surface area (Å²) < 4.78 is 55.9. The van der Waals surface area contributed by atoms with Crippen molar-refractivity contribution in [2.24, 2.45) is 0 Å². The second-order valence-corrected chi connectivity index (χ2v) is 7.34. The van der Waals surface area contributed by atoms with Gasteiger partial charge in [0.1, 0.15) is 0 Å². The zero-order valence-corrected chi connectivity index (χ0v) is 14.3. The third kappa shape index (κ3) is 6.86. The van der Waals surface area contributed by atoms with Crippen LogP contribution in [-0.2, 0) is 14.3 Å². The van der Waals surface area contributed by atoms with Crippen molar-refractivity contribution in [2.75, 3.05) is 7.11 Å². The van der Waals surface area contributed by atoms with Crippen molar-refractivity contribution in [2.45, 2.75) is 20.2 Å². The van der Waals surface area contributed by atoms with Crippen LogP contribution in [0, 0.1) is 0 Å². The van der Waals surface area contributed by atoms with Crippen LogP contribution in [0.4, 0.5) is 13.2 Å². The molecule has 0 bridgehead atoms. The van der Waals surface area contributed by atoms with Crippen molar-refractivity contribution in [3.05, 3.63) is 54.6 Å². The molecule has 0 amide bonds. The second-order valence-electron chi connectivity index (χ2n) is 3.98. The Morgan fingerprint density at radius 1 is 0.957 bits per heavy atom. The smallest absolute Gasteiger partial charge is 0.267 e. The molecule has 0 N–H and O–H groups in total. The molecule has 0 heterocycles. The molecular weight excluding hydrogens is 369 g/mol. The fraction of sp³-hybridized carbons (Fsp3) is 0.143. The van der Waals surface area contributed by atoms with Gasteiger partial charge >= 0.3 is 15.6 Å². The standard InChI is InChI=1S/C12H10S2.C2H3F3O3S/c13-10-6-8-12(9-7-10)14-11-4-2-1-3-5-11;1-8-9(6,7)2(3,4)5/h1-9,13H;1H3. The van der Waals surface area contributed by atoms with Gasteiger partial charge in [-0.3, -0.25) is 4.18 Å². The highest BCUT2D eigenvalue weighted by molar-refractivity contribution is 7.99. The van der Waals surface area contributed by atoms with Crippen LogP contribution in [0.3, 0.4) is 0 Å². The Hall–Kier alpha value is -1.16. The van der Waals surface area contributed by atoms with E-state index in [4.69, 9.17) is 0 Å². The predicted molar refractivity (Wildman–Crippen MR) is 86.2 cm³/mol. The summed E-state index contributed by atoms with van der Waals surface area (Å²) in [5, 5.41) is 0. The van der Waals surface area contributed by atoms with Gasteiger partial charge in [0.2, 0.25) is 0 Å². The molecule has 9 heteroatoms. The third-order valence-electron chi connectivity index (χ3n) is 2.32. The number of alkyl halides is 3. The van der Waals surface area contributed by atoms with Crippen LogP contribution in [0.2, 0.25) is 0 Å². The number of rotatable bonds is 3. The van der Waals surface area contributed by atoms with Gasteiger partial charge in [-0.15, -0.1) is 12.6 Å². The van der Waals surface area contributed by atoms with E-state index in [0.29, 0.717) is 7.11 Å². The highest BCUT2D eigenvalue weighted by Crippen LogP contribution is 2.27. The lowest BCUT2D eigenvalue weighted by Crippen LogP contribution is -2.23. The molecule has 0 saturated heterocycles. The van der Waals surface area contributed by atoms with E-state index in [9.17, 15) is 21.6 Å². The fourth-order valence-corrected chi connectivity index (χ4v) is 2.41. The summed E-state index contributed by atoms with van der Waals surface area (Å²) in [4.78, 5) is 3.51. The number of hydrogen-bond donors (Lipinski definition) is 1. The van der Waals surface area contributed by atoms with E-state index < -0.39 is 15.6 Å². The van der Waals surface area contributed by atoms with Crippen molar-refractivity contribution in [1.82, 2.24) is 0 Å². The van der Waals surface area contributed by atoms with E-state index in [0.717, 1.165) is 4.90 Å². The quantitative estimate of drug-likeness (QED) is 0.478. The minimum Gasteiger partial charge on any atom is -0.267 e. The van der Waals surface area contributed by atoms with Crippen LogP contribution in [0.5, 0.6) is 0 Å². The molecule has 0 radical (unpaired) electrons. The molecule has 0 aliphatic rings. The minimum atomic E-state index is -5.34. The molecule has 0 aliphatic carbocycles. The van der Waals surface area contributed by atoms with Crippen LogP contribution < -0.4 is 0 Å². The van der Waals surface area contributed by atoms with Gasteiger partial charge in [-0.05, 0) is 36.4 Å². The first kappa shape index (κ1) is 19.9. The molecule has 2 aromatic rings. The number of halogens is 3. The molecule has 0 unspecified atom stereocenters. The van der Waals surface area contributed by atoms with Crippen molar-refractivity contribution < 1.29 is 25.8 Å². The van der Waals surface area contributed by atoms with E-state index in [1.165, 1.54) is 9.79 Å². The molecule has 0 aliphatic heterocycles. The largest absolute Gasteiger partial charge is 0.523 e. The maximum Gasteiger partial charge on any atom is 0.523 e. The first-order valence-electron chi connectivity index (χ1n) is 6.04. The fourth-order valence-electron chi connectivity index (χ4n) is 1.23. The summed E-state index contributed by atoms with van der Waals surface area (Å²) in [5.74, 6) is 0. The molecular formula is C14H13F3O3S3. The van der Waals surface area contributed by atoms with Gasteiger partial charge in [-0.1, -0.05) is 30.0 Å². The van der Waals surface area contributed by atoms with Gasteiger partial charge in [0.05, 0.1) is 7.11 Å². The topological polar surface area (TPSA) is 43.4 Å². The minimum absolute atomic E-state index is 0.447. The Bertz CT molecular complexity index is 700. The van der Waals surface area contributed by atoms with Crippen LogP contribution >= 0.6 is 24.4 Å². The summed E-state index contributed by atoms with van der Waals surface area (Å²) in [6.45, 7) is 0. The van der Waals surface area contributed by atoms with Crippen molar-refractivity contribution in [3.8, 4) is 0 Å². The van der Waals surface area contributed by atoms with Crippen LogP contribution in [0.1, 0.15) is 0 Å². The molecule has 2 aromatic carbocycles. The van der Waals surface area contributed by atoms with Crippen LogP contribution in [0.25, 0.3) is 0 Å². The molecule has 0 saturated carbocycles. The summed E-state index contributed by atoms with van der Waals surface area (Å²) in [6.07, 6.45) is 0. The second kappa shape index (κ2) is 8.62. The zero-order valence-electron chi connectivity index (χ0n) is 11.8. The van der Waals surface area contributed by atoms with Gasteiger partial charge in [0.15, 0.2) is 0 Å². The Labute approximate surface area is 142 Å². The number of benzene rings is 2. The lowest BCUT2D eigenvalue weighted by molar-refractivity contribution is -0.0526. The molecule has 126 valence electrons. The molecule has 3 nitrogen and oxygen atoms in total. The van der Waals surface area contributed by atoms with Crippen LogP contribution in [-0.4, -0.2) is 21.0 Å². The normalized spacial score (nSPS) is 11.5. The maximum absolute atomic E-state index is 11.1. The van der Waals surface area contributed by atoms with Gasteiger partial charge < -0.3 is 0 Å². The Balaban J connectivity index is 0.000000257. The molecule has 2 rings (SSSR count). The maximum atomic E-state index is 11.1. The highest BCUT2D eigenvalue weighted by Gasteiger charge is 2.46. The molecule has 23 heavy (non-hydrogen) atoms. The Morgan fingerprint density at radius 2 is 1.43 bits per heavy atom. The van der Waals surface area contributed by atoms with Gasteiger partial charge in [0.25, 0.3) is 0 Å². The first-order valence-corrected chi connectivity index (χ1v) is 8.72. The van der Waals surface area contributed by atoms with E-state index in [2.05, 4.69) is 53.2 Å². The molecule has 0 atom stereocenters. The lowest BCUT2D eigenvalue weighted by atomic mass is 10.4. The molecule has 0 aromatic heterocycles. The Morgan fingerprint density at radius 3 is 1.83 bits per heavy atom. The van der Waals surface area contributed by atoms with E-state index in [1.54, 1.807) is 11.8 Å². The lowest BCUT2D eigenvalue weighted by Gasteiger charge is -2.02. The zero-order chi connectivity index (χ0) is 17.5. The van der Waals surface area contributed by atoms with E-state index in [-0.39, 0.29) is 0 Å². The molecule has 0 spiro atoms. The van der Waals surface area contributed by atoms with Crippen LogP contribution in [0.15, 0.2) is 69.3 Å². The monoisotopic (exact) mass is 382 g/mol. The first-order chi connectivity index (χ1) is 10.7. The summed E-state index contributed by atoms with van der Waals surface area (Å²) >= 11 is 6.01. The van der Waals surface area contributed by atoms with Crippen molar-refractivity contribution in [3.63, 3.8) is 0 Å². The van der Waals surface area contributed by atoms with Crippen molar-refractivity contribution in [1.29, 1.82) is 0 Å².